The number of thiazole rings is 1. The van der Waals surface area contributed by atoms with Crippen molar-refractivity contribution in [3.05, 3.63) is 16.1 Å². The van der Waals surface area contributed by atoms with Crippen LogP contribution in [0.15, 0.2) is 10.4 Å². The number of hydrogen-bond donors (Lipinski definition) is 3. The minimum absolute atomic E-state index is 0.0760. The predicted molar refractivity (Wildman–Crippen MR) is 97.0 cm³/mol. The monoisotopic (exact) mass is 339 g/mol. The Labute approximate surface area is 143 Å². The summed E-state index contributed by atoms with van der Waals surface area (Å²) in [6.45, 7) is 11.6. The predicted octanol–water partition coefficient (Wildman–Crippen LogP) is 1.85. The quantitative estimate of drug-likeness (QED) is 0.402. The molecular formula is C16H29N5OS. The molecule has 1 aromatic rings. The summed E-state index contributed by atoms with van der Waals surface area (Å²) in [5.74, 6) is 0.597. The van der Waals surface area contributed by atoms with Gasteiger partial charge >= 0.3 is 0 Å². The maximum absolute atomic E-state index is 11.8. The molecule has 0 radical (unpaired) electrons. The third kappa shape index (κ3) is 9.18. The molecule has 1 heterocycles. The van der Waals surface area contributed by atoms with E-state index >= 15 is 0 Å². The number of amides is 1. The summed E-state index contributed by atoms with van der Waals surface area (Å²) in [5, 5.41) is 12.5. The Kier molecular flexibility index (Phi) is 8.02. The largest absolute Gasteiger partial charge is 0.357 e. The summed E-state index contributed by atoms with van der Waals surface area (Å²) < 4.78 is 0. The first-order valence-electron chi connectivity index (χ1n) is 8.04. The zero-order valence-corrected chi connectivity index (χ0v) is 15.6. The van der Waals surface area contributed by atoms with Gasteiger partial charge in [0.05, 0.1) is 5.01 Å². The summed E-state index contributed by atoms with van der Waals surface area (Å²) in [4.78, 5) is 20.6. The number of guanidine groups is 1. The summed E-state index contributed by atoms with van der Waals surface area (Å²) in [7, 11) is 0. The van der Waals surface area contributed by atoms with Crippen molar-refractivity contribution in [2.45, 2.75) is 53.0 Å². The number of nitrogens with one attached hydrogen (secondary N) is 3. The number of aliphatic imine (C=N–C) groups is 1. The highest BCUT2D eigenvalue weighted by Gasteiger charge is 2.13. The highest BCUT2D eigenvalue weighted by atomic mass is 32.1. The zero-order valence-electron chi connectivity index (χ0n) is 14.8. The highest BCUT2D eigenvalue weighted by molar-refractivity contribution is 7.09. The van der Waals surface area contributed by atoms with Crippen LogP contribution in [0.1, 0.15) is 44.8 Å². The molecule has 7 heteroatoms. The average molecular weight is 340 g/mol. The van der Waals surface area contributed by atoms with Gasteiger partial charge in [-0.15, -0.1) is 11.3 Å². The lowest BCUT2D eigenvalue weighted by atomic mass is 10.1. The molecule has 0 fully saturated rings. The molecule has 0 aliphatic rings. The van der Waals surface area contributed by atoms with Crippen molar-refractivity contribution in [2.24, 2.45) is 4.99 Å². The van der Waals surface area contributed by atoms with Crippen LogP contribution in [0.2, 0.25) is 0 Å². The Hall–Kier alpha value is -1.63. The number of hydrogen-bond acceptors (Lipinski definition) is 4. The number of rotatable bonds is 7. The van der Waals surface area contributed by atoms with E-state index in [1.54, 1.807) is 11.3 Å². The number of aryl methyl sites for hydroxylation is 2. The zero-order chi connectivity index (χ0) is 17.3. The second-order valence-electron chi connectivity index (χ2n) is 6.41. The van der Waals surface area contributed by atoms with Crippen molar-refractivity contribution >= 4 is 23.2 Å². The molecule has 0 aromatic carbocycles. The summed E-state index contributed by atoms with van der Waals surface area (Å²) >= 11 is 1.70. The fraction of sp³-hybridized carbons (Fsp3) is 0.688. The van der Waals surface area contributed by atoms with Crippen LogP contribution in [0.5, 0.6) is 0 Å². The minimum atomic E-state index is -0.232. The lowest BCUT2D eigenvalue weighted by molar-refractivity contribution is -0.121. The van der Waals surface area contributed by atoms with Gasteiger partial charge in [-0.2, -0.15) is 0 Å². The van der Waals surface area contributed by atoms with Crippen molar-refractivity contribution in [2.75, 3.05) is 19.6 Å². The van der Waals surface area contributed by atoms with Gasteiger partial charge in [-0.25, -0.2) is 9.98 Å². The van der Waals surface area contributed by atoms with Gasteiger partial charge in [0, 0.05) is 36.1 Å². The fourth-order valence-corrected chi connectivity index (χ4v) is 2.73. The smallest absolute Gasteiger partial charge is 0.242 e. The molecular weight excluding hydrogens is 310 g/mol. The molecule has 0 unspecified atom stereocenters. The molecule has 0 bridgehead atoms. The minimum Gasteiger partial charge on any atom is -0.357 e. The van der Waals surface area contributed by atoms with Gasteiger partial charge < -0.3 is 16.0 Å². The van der Waals surface area contributed by atoms with E-state index in [0.29, 0.717) is 5.96 Å². The van der Waals surface area contributed by atoms with Crippen LogP contribution in [0.4, 0.5) is 0 Å². The van der Waals surface area contributed by atoms with E-state index in [2.05, 4.69) is 31.3 Å². The second kappa shape index (κ2) is 9.50. The Morgan fingerprint density at radius 1 is 1.35 bits per heavy atom. The summed E-state index contributed by atoms with van der Waals surface area (Å²) in [6, 6.07) is 0. The van der Waals surface area contributed by atoms with Gasteiger partial charge in [0.1, 0.15) is 6.54 Å². The van der Waals surface area contributed by atoms with Gasteiger partial charge in [0.15, 0.2) is 5.96 Å². The van der Waals surface area contributed by atoms with Crippen LogP contribution in [0, 0.1) is 6.92 Å². The molecule has 130 valence electrons. The normalized spacial score (nSPS) is 12.1. The van der Waals surface area contributed by atoms with Gasteiger partial charge in [-0.3, -0.25) is 4.79 Å². The molecule has 0 saturated carbocycles. The molecule has 0 saturated heterocycles. The Balaban J connectivity index is 2.35. The third-order valence-electron chi connectivity index (χ3n) is 2.77. The Morgan fingerprint density at radius 3 is 2.65 bits per heavy atom. The van der Waals surface area contributed by atoms with Crippen molar-refractivity contribution < 1.29 is 4.79 Å². The van der Waals surface area contributed by atoms with Crippen molar-refractivity contribution in [3.8, 4) is 0 Å². The molecule has 1 amide bonds. The van der Waals surface area contributed by atoms with E-state index in [-0.39, 0.29) is 18.0 Å². The molecule has 0 spiro atoms. The SMILES string of the molecule is CCNC(=NCC(=O)NC(C)(C)C)NCCCc1nc(C)cs1. The van der Waals surface area contributed by atoms with E-state index in [9.17, 15) is 4.79 Å². The van der Waals surface area contributed by atoms with Gasteiger partial charge in [0.2, 0.25) is 5.91 Å². The van der Waals surface area contributed by atoms with Crippen LogP contribution in [0.25, 0.3) is 0 Å². The molecule has 0 aliphatic heterocycles. The Bertz CT molecular complexity index is 519. The van der Waals surface area contributed by atoms with E-state index in [1.165, 1.54) is 0 Å². The maximum atomic E-state index is 11.8. The second-order valence-corrected chi connectivity index (χ2v) is 7.35. The number of aromatic nitrogens is 1. The first-order valence-corrected chi connectivity index (χ1v) is 8.92. The summed E-state index contributed by atoms with van der Waals surface area (Å²) in [5.41, 5.74) is 0.849. The van der Waals surface area contributed by atoms with Crippen molar-refractivity contribution in [1.82, 2.24) is 20.9 Å². The van der Waals surface area contributed by atoms with Crippen LogP contribution >= 0.6 is 11.3 Å². The van der Waals surface area contributed by atoms with Gasteiger partial charge in [0.25, 0.3) is 0 Å². The third-order valence-corrected chi connectivity index (χ3v) is 3.79. The fourth-order valence-electron chi connectivity index (χ4n) is 1.91. The maximum Gasteiger partial charge on any atom is 0.242 e. The molecule has 6 nitrogen and oxygen atoms in total. The van der Waals surface area contributed by atoms with Crippen LogP contribution in [-0.2, 0) is 11.2 Å². The highest BCUT2D eigenvalue weighted by Crippen LogP contribution is 2.10. The molecule has 23 heavy (non-hydrogen) atoms. The molecule has 3 N–H and O–H groups in total. The first kappa shape index (κ1) is 19.4. The molecule has 0 atom stereocenters. The number of carbonyl (C=O) groups is 1. The van der Waals surface area contributed by atoms with Crippen LogP contribution in [0.3, 0.4) is 0 Å². The topological polar surface area (TPSA) is 78.4 Å². The molecule has 0 aliphatic carbocycles. The standard InChI is InChI=1S/C16H29N5OS/c1-6-17-15(19-10-13(22)21-16(3,4)5)18-9-7-8-14-20-12(2)11-23-14/h11H,6-10H2,1-5H3,(H,21,22)(H2,17,18,19). The molecule has 1 rings (SSSR count). The summed E-state index contributed by atoms with van der Waals surface area (Å²) in [6.07, 6.45) is 1.93. The van der Waals surface area contributed by atoms with E-state index < -0.39 is 0 Å². The van der Waals surface area contributed by atoms with E-state index in [1.807, 2.05) is 34.6 Å². The Morgan fingerprint density at radius 2 is 2.09 bits per heavy atom. The van der Waals surface area contributed by atoms with Crippen molar-refractivity contribution in [3.63, 3.8) is 0 Å². The lowest BCUT2D eigenvalue weighted by Gasteiger charge is -2.20. The van der Waals surface area contributed by atoms with E-state index in [4.69, 9.17) is 0 Å². The first-order chi connectivity index (χ1) is 10.8. The van der Waals surface area contributed by atoms with Gasteiger partial charge in [-0.1, -0.05) is 0 Å². The number of carbonyl (C=O) groups excluding carboxylic acids is 1. The lowest BCUT2D eigenvalue weighted by Crippen LogP contribution is -2.43. The molecule has 1 aromatic heterocycles. The van der Waals surface area contributed by atoms with Gasteiger partial charge in [-0.05, 0) is 41.0 Å². The van der Waals surface area contributed by atoms with Crippen LogP contribution < -0.4 is 16.0 Å². The average Bonchev–Trinajstić information content (AvgIpc) is 2.84. The van der Waals surface area contributed by atoms with E-state index in [0.717, 1.165) is 36.6 Å². The van der Waals surface area contributed by atoms with Crippen molar-refractivity contribution in [1.29, 1.82) is 0 Å². The number of nitrogens with zero attached hydrogens (tertiary/aromatic N) is 2. The van der Waals surface area contributed by atoms with Crippen LogP contribution in [-0.4, -0.2) is 42.0 Å².